The molecule has 1 N–H and O–H groups in total. The van der Waals surface area contributed by atoms with E-state index in [1.54, 1.807) is 0 Å². The minimum absolute atomic E-state index is 0.140. The van der Waals surface area contributed by atoms with E-state index in [0.29, 0.717) is 6.54 Å². The van der Waals surface area contributed by atoms with Crippen molar-refractivity contribution in [3.05, 3.63) is 0 Å². The monoisotopic (exact) mass is 243 g/mol. The van der Waals surface area contributed by atoms with Gasteiger partial charge in [-0.15, -0.1) is 0 Å². The van der Waals surface area contributed by atoms with Gasteiger partial charge in [-0.1, -0.05) is 33.6 Å². The van der Waals surface area contributed by atoms with Crippen molar-refractivity contribution in [2.45, 2.75) is 52.2 Å². The van der Waals surface area contributed by atoms with Crippen LogP contribution in [0.2, 0.25) is 0 Å². The van der Waals surface area contributed by atoms with Gasteiger partial charge in [-0.2, -0.15) is 0 Å². The van der Waals surface area contributed by atoms with Crippen LogP contribution in [0.15, 0.2) is 0 Å². The molecule has 4 heteroatoms. The summed E-state index contributed by atoms with van der Waals surface area (Å²) in [5, 5.41) is 9.96. The molecule has 0 aliphatic carbocycles. The number of likely N-dealkylation sites (tertiary alicyclic amines) is 1. The van der Waals surface area contributed by atoms with E-state index < -0.39 is 0 Å². The Kier molecular flexibility index (Phi) is 4.95. The third-order valence-corrected chi connectivity index (χ3v) is 3.67. The SMILES string of the molecule is CCCC[C@H](C(=O)OC)N1C[C@@H](O)C(C)(C)C1. The van der Waals surface area contributed by atoms with Crippen LogP contribution in [-0.4, -0.2) is 48.3 Å². The second-order valence-corrected chi connectivity index (χ2v) is 5.62. The van der Waals surface area contributed by atoms with Crippen LogP contribution in [0.25, 0.3) is 0 Å². The van der Waals surface area contributed by atoms with E-state index in [1.807, 2.05) is 13.8 Å². The van der Waals surface area contributed by atoms with Crippen LogP contribution >= 0.6 is 0 Å². The summed E-state index contributed by atoms with van der Waals surface area (Å²) in [6.45, 7) is 7.49. The molecule has 0 radical (unpaired) electrons. The van der Waals surface area contributed by atoms with E-state index >= 15 is 0 Å². The van der Waals surface area contributed by atoms with Gasteiger partial charge in [0.15, 0.2) is 0 Å². The van der Waals surface area contributed by atoms with Crippen LogP contribution in [0.4, 0.5) is 0 Å². The number of aliphatic hydroxyl groups is 1. The van der Waals surface area contributed by atoms with Gasteiger partial charge in [-0.25, -0.2) is 0 Å². The summed E-state index contributed by atoms with van der Waals surface area (Å²) in [7, 11) is 1.43. The number of carbonyl (C=O) groups excluding carboxylic acids is 1. The number of ether oxygens (including phenoxy) is 1. The van der Waals surface area contributed by atoms with E-state index in [9.17, 15) is 9.90 Å². The molecule has 0 saturated carbocycles. The Morgan fingerprint density at radius 3 is 2.65 bits per heavy atom. The van der Waals surface area contributed by atoms with Gasteiger partial charge < -0.3 is 9.84 Å². The number of carbonyl (C=O) groups is 1. The Balaban J connectivity index is 2.68. The molecule has 1 aliphatic rings. The highest BCUT2D eigenvalue weighted by Gasteiger charge is 2.42. The van der Waals surface area contributed by atoms with Crippen molar-refractivity contribution < 1.29 is 14.6 Å². The van der Waals surface area contributed by atoms with Gasteiger partial charge in [0.1, 0.15) is 6.04 Å². The lowest BCUT2D eigenvalue weighted by Crippen LogP contribution is -2.41. The highest BCUT2D eigenvalue weighted by Crippen LogP contribution is 2.31. The first kappa shape index (κ1) is 14.5. The molecule has 1 fully saturated rings. The average molecular weight is 243 g/mol. The molecule has 4 nitrogen and oxygen atoms in total. The number of hydrogen-bond acceptors (Lipinski definition) is 4. The summed E-state index contributed by atoms with van der Waals surface area (Å²) in [6, 6.07) is -0.198. The number of β-amino-alcohol motifs (C(OH)–C–C–N with tert-alkyl or cyclic N) is 1. The number of hydrogen-bond donors (Lipinski definition) is 1. The second-order valence-electron chi connectivity index (χ2n) is 5.62. The molecule has 0 spiro atoms. The van der Waals surface area contributed by atoms with Crippen LogP contribution < -0.4 is 0 Å². The largest absolute Gasteiger partial charge is 0.468 e. The summed E-state index contributed by atoms with van der Waals surface area (Å²) in [6.07, 6.45) is 2.52. The second kappa shape index (κ2) is 5.83. The standard InChI is InChI=1S/C13H25NO3/c1-5-6-7-10(12(16)17-4)14-8-11(15)13(2,3)9-14/h10-11,15H,5-9H2,1-4H3/t10-,11-/m1/s1. The topological polar surface area (TPSA) is 49.8 Å². The molecular formula is C13H25NO3. The summed E-state index contributed by atoms with van der Waals surface area (Å²) >= 11 is 0. The van der Waals surface area contributed by atoms with E-state index in [2.05, 4.69) is 11.8 Å². The maximum absolute atomic E-state index is 11.8. The quantitative estimate of drug-likeness (QED) is 0.742. The Morgan fingerprint density at radius 1 is 1.59 bits per heavy atom. The van der Waals surface area contributed by atoms with Crippen LogP contribution in [0.3, 0.4) is 0 Å². The fraction of sp³-hybridized carbons (Fsp3) is 0.923. The molecule has 100 valence electrons. The Bertz CT molecular complexity index is 265. The minimum Gasteiger partial charge on any atom is -0.468 e. The van der Waals surface area contributed by atoms with E-state index in [0.717, 1.165) is 25.8 Å². The molecule has 0 aromatic carbocycles. The van der Waals surface area contributed by atoms with Crippen molar-refractivity contribution in [3.63, 3.8) is 0 Å². The molecule has 17 heavy (non-hydrogen) atoms. The number of unbranched alkanes of at least 4 members (excludes halogenated alkanes) is 1. The van der Waals surface area contributed by atoms with Crippen molar-refractivity contribution in [2.24, 2.45) is 5.41 Å². The molecule has 1 rings (SSSR count). The summed E-state index contributed by atoms with van der Waals surface area (Å²) in [5.41, 5.74) is -0.140. The third kappa shape index (κ3) is 3.42. The van der Waals surface area contributed by atoms with Gasteiger partial charge in [-0.05, 0) is 6.42 Å². The first-order chi connectivity index (χ1) is 7.92. The predicted molar refractivity (Wildman–Crippen MR) is 66.7 cm³/mol. The zero-order valence-corrected chi connectivity index (χ0v) is 11.4. The maximum atomic E-state index is 11.8. The molecule has 1 aliphatic heterocycles. The molecule has 0 bridgehead atoms. The van der Waals surface area contributed by atoms with Crippen molar-refractivity contribution >= 4 is 5.97 Å². The number of nitrogens with zero attached hydrogens (tertiary/aromatic N) is 1. The Hall–Kier alpha value is -0.610. The summed E-state index contributed by atoms with van der Waals surface area (Å²) in [5.74, 6) is -0.177. The Labute approximate surface area is 104 Å². The molecule has 1 saturated heterocycles. The normalized spacial score (nSPS) is 25.8. The molecule has 0 amide bonds. The van der Waals surface area contributed by atoms with Gasteiger partial charge in [0.05, 0.1) is 13.2 Å². The van der Waals surface area contributed by atoms with Gasteiger partial charge >= 0.3 is 5.97 Å². The zero-order valence-electron chi connectivity index (χ0n) is 11.4. The van der Waals surface area contributed by atoms with Crippen molar-refractivity contribution in [3.8, 4) is 0 Å². The van der Waals surface area contributed by atoms with Crippen molar-refractivity contribution in [2.75, 3.05) is 20.2 Å². The fourth-order valence-electron chi connectivity index (χ4n) is 2.38. The molecule has 0 aromatic rings. The fourth-order valence-corrected chi connectivity index (χ4v) is 2.38. The lowest BCUT2D eigenvalue weighted by atomic mass is 9.90. The van der Waals surface area contributed by atoms with E-state index in [4.69, 9.17) is 4.74 Å². The lowest BCUT2D eigenvalue weighted by molar-refractivity contribution is -0.147. The maximum Gasteiger partial charge on any atom is 0.323 e. The van der Waals surface area contributed by atoms with Crippen molar-refractivity contribution in [1.29, 1.82) is 0 Å². The average Bonchev–Trinajstić information content (AvgIpc) is 2.53. The smallest absolute Gasteiger partial charge is 0.323 e. The first-order valence-electron chi connectivity index (χ1n) is 6.42. The van der Waals surface area contributed by atoms with Gasteiger partial charge in [-0.3, -0.25) is 9.69 Å². The van der Waals surface area contributed by atoms with Crippen LogP contribution in [0.5, 0.6) is 0 Å². The molecule has 1 heterocycles. The number of aliphatic hydroxyl groups excluding tert-OH is 1. The zero-order chi connectivity index (χ0) is 13.1. The van der Waals surface area contributed by atoms with Gasteiger partial charge in [0.2, 0.25) is 0 Å². The lowest BCUT2D eigenvalue weighted by Gasteiger charge is -2.26. The molecular weight excluding hydrogens is 218 g/mol. The van der Waals surface area contributed by atoms with Crippen molar-refractivity contribution in [1.82, 2.24) is 4.90 Å². The van der Waals surface area contributed by atoms with E-state index in [1.165, 1.54) is 7.11 Å². The number of methoxy groups -OCH3 is 1. The van der Waals surface area contributed by atoms with Gasteiger partial charge in [0.25, 0.3) is 0 Å². The minimum atomic E-state index is -0.365. The highest BCUT2D eigenvalue weighted by molar-refractivity contribution is 5.75. The van der Waals surface area contributed by atoms with Crippen LogP contribution in [-0.2, 0) is 9.53 Å². The van der Waals surface area contributed by atoms with E-state index in [-0.39, 0.29) is 23.5 Å². The Morgan fingerprint density at radius 2 is 2.24 bits per heavy atom. The predicted octanol–water partition coefficient (Wildman–Crippen LogP) is 1.42. The number of rotatable bonds is 5. The third-order valence-electron chi connectivity index (χ3n) is 3.67. The summed E-state index contributed by atoms with van der Waals surface area (Å²) in [4.78, 5) is 13.8. The number of esters is 1. The summed E-state index contributed by atoms with van der Waals surface area (Å²) < 4.78 is 4.86. The first-order valence-corrected chi connectivity index (χ1v) is 6.42. The van der Waals surface area contributed by atoms with Crippen LogP contribution in [0.1, 0.15) is 40.0 Å². The van der Waals surface area contributed by atoms with Crippen LogP contribution in [0, 0.1) is 5.41 Å². The van der Waals surface area contributed by atoms with Gasteiger partial charge in [0, 0.05) is 18.5 Å². The molecule has 0 aromatic heterocycles. The highest BCUT2D eigenvalue weighted by atomic mass is 16.5. The molecule has 0 unspecified atom stereocenters. The molecule has 2 atom stereocenters.